The van der Waals surface area contributed by atoms with Crippen LogP contribution in [0.15, 0.2) is 35.4 Å². The number of rotatable bonds is 8. The van der Waals surface area contributed by atoms with Gasteiger partial charge in [-0.25, -0.2) is 5.43 Å². The molecule has 0 spiro atoms. The van der Waals surface area contributed by atoms with Crippen molar-refractivity contribution in [1.82, 2.24) is 5.43 Å². The number of hydrogen-bond acceptors (Lipinski definition) is 6. The number of carbonyl (C=O) groups is 1. The molecule has 0 aromatic heterocycles. The van der Waals surface area contributed by atoms with Gasteiger partial charge in [0.25, 0.3) is 5.91 Å². The summed E-state index contributed by atoms with van der Waals surface area (Å²) in [5.41, 5.74) is 3.88. The molecule has 0 unspecified atom stereocenters. The summed E-state index contributed by atoms with van der Waals surface area (Å²) in [4.78, 5) is 11.9. The molecule has 0 fully saturated rings. The fraction of sp³-hybridized carbons (Fsp3) is 0.263. The number of carbonyl (C=O) groups excluding carboxylic acids is 1. The third kappa shape index (κ3) is 5.52. The van der Waals surface area contributed by atoms with E-state index in [2.05, 4.69) is 10.5 Å². The van der Waals surface area contributed by atoms with Crippen LogP contribution in [0.1, 0.15) is 11.1 Å². The van der Waals surface area contributed by atoms with Gasteiger partial charge < -0.3 is 18.9 Å². The normalized spacial score (nSPS) is 10.6. The number of hydrogen-bond donors (Lipinski definition) is 1. The van der Waals surface area contributed by atoms with Gasteiger partial charge in [-0.3, -0.25) is 4.79 Å². The minimum Gasteiger partial charge on any atom is -0.496 e. The maximum absolute atomic E-state index is 11.9. The van der Waals surface area contributed by atoms with Gasteiger partial charge in [0.1, 0.15) is 11.5 Å². The molecule has 0 aliphatic rings. The largest absolute Gasteiger partial charge is 0.496 e. The second kappa shape index (κ2) is 9.68. The van der Waals surface area contributed by atoms with Gasteiger partial charge in [-0.15, -0.1) is 0 Å². The van der Waals surface area contributed by atoms with Crippen LogP contribution in [0.2, 0.25) is 5.02 Å². The van der Waals surface area contributed by atoms with E-state index in [-0.39, 0.29) is 6.61 Å². The van der Waals surface area contributed by atoms with Crippen LogP contribution in [0, 0.1) is 6.92 Å². The van der Waals surface area contributed by atoms with E-state index in [4.69, 9.17) is 30.5 Å². The number of halogens is 1. The van der Waals surface area contributed by atoms with Gasteiger partial charge in [-0.2, -0.15) is 5.10 Å². The van der Waals surface area contributed by atoms with Gasteiger partial charge in [0.2, 0.25) is 0 Å². The zero-order valence-corrected chi connectivity index (χ0v) is 16.3. The number of nitrogens with one attached hydrogen (secondary N) is 1. The van der Waals surface area contributed by atoms with Gasteiger partial charge in [-0.1, -0.05) is 11.6 Å². The number of amides is 1. The van der Waals surface area contributed by atoms with Gasteiger partial charge in [-0.05, 0) is 36.8 Å². The first-order chi connectivity index (χ1) is 13.0. The maximum atomic E-state index is 11.9. The highest BCUT2D eigenvalue weighted by Gasteiger charge is 2.10. The van der Waals surface area contributed by atoms with Crippen molar-refractivity contribution in [2.75, 3.05) is 27.9 Å². The molecule has 0 radical (unpaired) electrons. The zero-order chi connectivity index (χ0) is 19.8. The van der Waals surface area contributed by atoms with Crippen LogP contribution < -0.4 is 24.4 Å². The van der Waals surface area contributed by atoms with Crippen LogP contribution in [-0.2, 0) is 4.79 Å². The molecule has 0 saturated carbocycles. The summed E-state index contributed by atoms with van der Waals surface area (Å²) < 4.78 is 21.2. The van der Waals surface area contributed by atoms with E-state index in [1.54, 1.807) is 30.3 Å². The molecule has 7 nitrogen and oxygen atoms in total. The number of nitrogens with zero attached hydrogens (tertiary/aromatic N) is 1. The van der Waals surface area contributed by atoms with Crippen molar-refractivity contribution in [2.24, 2.45) is 5.10 Å². The second-order valence-corrected chi connectivity index (χ2v) is 5.85. The summed E-state index contributed by atoms with van der Waals surface area (Å²) in [7, 11) is 4.59. The molecule has 2 aromatic rings. The molecule has 1 N–H and O–H groups in total. The molecule has 0 bridgehead atoms. The standard InChI is InChI=1S/C19H21ClN2O5/c1-12-7-14(5-6-15(12)20)27-11-19(23)22-21-10-13-8-17(25-3)18(26-4)9-16(13)24-2/h5-10H,11H2,1-4H3,(H,22,23)/b21-10-. The van der Waals surface area contributed by atoms with Gasteiger partial charge in [0.15, 0.2) is 18.1 Å². The monoisotopic (exact) mass is 392 g/mol. The SMILES string of the molecule is COc1cc(OC)c(OC)cc1/C=N\NC(=O)COc1ccc(Cl)c(C)c1. The fourth-order valence-corrected chi connectivity index (χ4v) is 2.33. The number of aryl methyl sites for hydroxylation is 1. The third-order valence-electron chi connectivity index (χ3n) is 3.63. The Bertz CT molecular complexity index is 839. The molecule has 0 aliphatic carbocycles. The lowest BCUT2D eigenvalue weighted by atomic mass is 10.2. The Hall–Kier alpha value is -2.93. The molecule has 0 atom stereocenters. The first-order valence-electron chi connectivity index (χ1n) is 7.99. The zero-order valence-electron chi connectivity index (χ0n) is 15.5. The smallest absolute Gasteiger partial charge is 0.277 e. The van der Waals surface area contributed by atoms with Crippen LogP contribution in [0.25, 0.3) is 0 Å². The predicted octanol–water partition coefficient (Wildman–Crippen LogP) is 3.20. The molecular weight excluding hydrogens is 372 g/mol. The lowest BCUT2D eigenvalue weighted by Crippen LogP contribution is -2.24. The minimum atomic E-state index is -0.404. The lowest BCUT2D eigenvalue weighted by Gasteiger charge is -2.11. The first kappa shape index (κ1) is 20.4. The summed E-state index contributed by atoms with van der Waals surface area (Å²) in [6, 6.07) is 8.54. The van der Waals surface area contributed by atoms with Crippen molar-refractivity contribution in [1.29, 1.82) is 0 Å². The summed E-state index contributed by atoms with van der Waals surface area (Å²) in [5, 5.41) is 4.56. The fourth-order valence-electron chi connectivity index (χ4n) is 2.22. The summed E-state index contributed by atoms with van der Waals surface area (Å²) >= 11 is 5.95. The Morgan fingerprint density at radius 1 is 1.07 bits per heavy atom. The molecule has 8 heteroatoms. The Labute approximate surface area is 162 Å². The van der Waals surface area contributed by atoms with Crippen LogP contribution in [0.3, 0.4) is 0 Å². The van der Waals surface area contributed by atoms with Crippen molar-refractivity contribution < 1.29 is 23.7 Å². The van der Waals surface area contributed by atoms with Gasteiger partial charge >= 0.3 is 0 Å². The molecular formula is C19H21ClN2O5. The number of hydrazone groups is 1. The lowest BCUT2D eigenvalue weighted by molar-refractivity contribution is -0.123. The van der Waals surface area contributed by atoms with Crippen molar-refractivity contribution in [3.63, 3.8) is 0 Å². The number of methoxy groups -OCH3 is 3. The topological polar surface area (TPSA) is 78.4 Å². The van der Waals surface area contributed by atoms with E-state index in [1.165, 1.54) is 27.5 Å². The average Bonchev–Trinajstić information content (AvgIpc) is 2.68. The highest BCUT2D eigenvalue weighted by Crippen LogP contribution is 2.33. The average molecular weight is 393 g/mol. The maximum Gasteiger partial charge on any atom is 0.277 e. The summed E-state index contributed by atoms with van der Waals surface area (Å²) in [5.74, 6) is 1.73. The summed E-state index contributed by atoms with van der Waals surface area (Å²) in [6.07, 6.45) is 1.45. The Morgan fingerprint density at radius 2 is 1.74 bits per heavy atom. The first-order valence-corrected chi connectivity index (χ1v) is 8.37. The van der Waals surface area contributed by atoms with Crippen LogP contribution in [-0.4, -0.2) is 40.1 Å². The molecule has 0 saturated heterocycles. The van der Waals surface area contributed by atoms with E-state index in [1.807, 2.05) is 6.92 Å². The van der Waals surface area contributed by atoms with Crippen molar-refractivity contribution in [3.8, 4) is 23.0 Å². The van der Waals surface area contributed by atoms with Gasteiger partial charge in [0, 0.05) is 16.7 Å². The minimum absolute atomic E-state index is 0.179. The van der Waals surface area contributed by atoms with Crippen molar-refractivity contribution in [2.45, 2.75) is 6.92 Å². The van der Waals surface area contributed by atoms with Crippen LogP contribution in [0.4, 0.5) is 0 Å². The van der Waals surface area contributed by atoms with E-state index in [0.29, 0.717) is 33.6 Å². The van der Waals surface area contributed by atoms with E-state index in [9.17, 15) is 4.79 Å². The second-order valence-electron chi connectivity index (χ2n) is 5.44. The number of ether oxygens (including phenoxy) is 4. The molecule has 2 rings (SSSR count). The molecule has 1 amide bonds. The molecule has 144 valence electrons. The van der Waals surface area contributed by atoms with Crippen LogP contribution in [0.5, 0.6) is 23.0 Å². The van der Waals surface area contributed by atoms with E-state index >= 15 is 0 Å². The van der Waals surface area contributed by atoms with Crippen LogP contribution >= 0.6 is 11.6 Å². The highest BCUT2D eigenvalue weighted by atomic mass is 35.5. The highest BCUT2D eigenvalue weighted by molar-refractivity contribution is 6.31. The molecule has 2 aromatic carbocycles. The Kier molecular flexibility index (Phi) is 7.31. The molecule has 0 aliphatic heterocycles. The summed E-state index contributed by atoms with van der Waals surface area (Å²) in [6.45, 7) is 1.68. The quantitative estimate of drug-likeness (QED) is 0.551. The molecule has 0 heterocycles. The van der Waals surface area contributed by atoms with Crippen molar-refractivity contribution >= 4 is 23.7 Å². The van der Waals surface area contributed by atoms with E-state index < -0.39 is 5.91 Å². The Morgan fingerprint density at radius 3 is 2.37 bits per heavy atom. The van der Waals surface area contributed by atoms with Gasteiger partial charge in [0.05, 0.1) is 27.5 Å². The predicted molar refractivity (Wildman–Crippen MR) is 104 cm³/mol. The third-order valence-corrected chi connectivity index (χ3v) is 4.05. The van der Waals surface area contributed by atoms with E-state index in [0.717, 1.165) is 5.56 Å². The Balaban J connectivity index is 1.97. The molecule has 27 heavy (non-hydrogen) atoms. The number of benzene rings is 2. The van der Waals surface area contributed by atoms with Crippen molar-refractivity contribution in [3.05, 3.63) is 46.5 Å².